The van der Waals surface area contributed by atoms with Crippen molar-refractivity contribution < 1.29 is 13.9 Å². The Morgan fingerprint density at radius 1 is 1.58 bits per heavy atom. The summed E-state index contributed by atoms with van der Waals surface area (Å²) in [5.74, 6) is -0.730. The molecule has 2 atom stereocenters. The molecule has 1 amide bonds. The Morgan fingerprint density at radius 2 is 2.32 bits per heavy atom. The molecule has 0 unspecified atom stereocenters. The Morgan fingerprint density at radius 3 is 2.95 bits per heavy atom. The lowest BCUT2D eigenvalue weighted by Crippen LogP contribution is -2.53. The molecule has 0 radical (unpaired) electrons. The van der Waals surface area contributed by atoms with Gasteiger partial charge >= 0.3 is 0 Å². The number of halogens is 3. The number of hydrogen-bond donors (Lipinski definition) is 2. The SMILES string of the molecule is C[C@H]1OCCN[C@@H]1C(=O)Nc1ccc(F)c(Cl)c1.Cl. The minimum absolute atomic E-state index is 0. The van der Waals surface area contributed by atoms with Gasteiger partial charge in [0.1, 0.15) is 11.9 Å². The minimum atomic E-state index is -0.512. The van der Waals surface area contributed by atoms with Crippen molar-refractivity contribution in [1.29, 1.82) is 0 Å². The molecule has 0 aromatic heterocycles. The molecule has 7 heteroatoms. The molecule has 2 rings (SSSR count). The Kier molecular flexibility index (Phi) is 6.00. The van der Waals surface area contributed by atoms with Crippen LogP contribution in [0.2, 0.25) is 5.02 Å². The summed E-state index contributed by atoms with van der Waals surface area (Å²) in [7, 11) is 0. The second-order valence-corrected chi connectivity index (χ2v) is 4.53. The molecule has 1 aliphatic heterocycles. The molecule has 106 valence electrons. The highest BCUT2D eigenvalue weighted by molar-refractivity contribution is 6.31. The standard InChI is InChI=1S/C12H14ClFN2O2.ClH/c1-7-11(15-4-5-18-7)12(17)16-8-2-3-10(14)9(13)6-8;/h2-3,6-7,11,15H,4-5H2,1H3,(H,16,17);1H/t7-,11+;/m1./s1. The monoisotopic (exact) mass is 308 g/mol. The Balaban J connectivity index is 0.00000180. The fourth-order valence-electron chi connectivity index (χ4n) is 1.82. The van der Waals surface area contributed by atoms with Crippen LogP contribution in [0.5, 0.6) is 0 Å². The average Bonchev–Trinajstić information content (AvgIpc) is 2.34. The van der Waals surface area contributed by atoms with Crippen LogP contribution in [0.4, 0.5) is 10.1 Å². The maximum absolute atomic E-state index is 13.0. The summed E-state index contributed by atoms with van der Waals surface area (Å²) in [6.45, 7) is 3.05. The van der Waals surface area contributed by atoms with E-state index in [9.17, 15) is 9.18 Å². The maximum atomic E-state index is 13.0. The number of nitrogens with one attached hydrogen (secondary N) is 2. The molecule has 2 N–H and O–H groups in total. The van der Waals surface area contributed by atoms with E-state index in [2.05, 4.69) is 10.6 Å². The van der Waals surface area contributed by atoms with Crippen molar-refractivity contribution in [2.75, 3.05) is 18.5 Å². The van der Waals surface area contributed by atoms with Crippen molar-refractivity contribution in [2.24, 2.45) is 0 Å². The van der Waals surface area contributed by atoms with Gasteiger partial charge in [-0.2, -0.15) is 0 Å². The number of amides is 1. The molecule has 1 aliphatic rings. The smallest absolute Gasteiger partial charge is 0.244 e. The van der Waals surface area contributed by atoms with Crippen molar-refractivity contribution >= 4 is 35.6 Å². The fourth-order valence-corrected chi connectivity index (χ4v) is 2.00. The predicted octanol–water partition coefficient (Wildman–Crippen LogP) is 2.22. The topological polar surface area (TPSA) is 50.4 Å². The quantitative estimate of drug-likeness (QED) is 0.881. The van der Waals surface area contributed by atoms with E-state index in [1.54, 1.807) is 0 Å². The number of ether oxygens (including phenoxy) is 1. The van der Waals surface area contributed by atoms with Crippen LogP contribution < -0.4 is 10.6 Å². The number of benzene rings is 1. The molecule has 1 aromatic carbocycles. The number of carbonyl (C=O) groups is 1. The summed E-state index contributed by atoms with van der Waals surface area (Å²) in [5.41, 5.74) is 0.464. The van der Waals surface area contributed by atoms with Crippen LogP contribution in [0.3, 0.4) is 0 Å². The Hall–Kier alpha value is -0.880. The third kappa shape index (κ3) is 4.04. The highest BCUT2D eigenvalue weighted by Gasteiger charge is 2.28. The summed E-state index contributed by atoms with van der Waals surface area (Å²) in [5, 5.41) is 5.73. The zero-order valence-electron chi connectivity index (χ0n) is 10.3. The number of morpholine rings is 1. The van der Waals surface area contributed by atoms with Crippen molar-refractivity contribution in [1.82, 2.24) is 5.32 Å². The average molecular weight is 309 g/mol. The van der Waals surface area contributed by atoms with Crippen LogP contribution in [0.25, 0.3) is 0 Å². The molecule has 1 heterocycles. The van der Waals surface area contributed by atoms with E-state index in [4.69, 9.17) is 16.3 Å². The van der Waals surface area contributed by atoms with Crippen molar-refractivity contribution in [2.45, 2.75) is 19.1 Å². The molecule has 1 fully saturated rings. The molecule has 0 bridgehead atoms. The first-order valence-corrected chi connectivity index (χ1v) is 6.06. The summed E-state index contributed by atoms with van der Waals surface area (Å²) in [4.78, 5) is 12.0. The third-order valence-corrected chi connectivity index (χ3v) is 3.08. The molecule has 1 saturated heterocycles. The van der Waals surface area contributed by atoms with E-state index in [0.717, 1.165) is 0 Å². The van der Waals surface area contributed by atoms with E-state index in [0.29, 0.717) is 18.8 Å². The summed E-state index contributed by atoms with van der Waals surface area (Å²) >= 11 is 5.65. The van der Waals surface area contributed by atoms with Crippen LogP contribution >= 0.6 is 24.0 Å². The highest BCUT2D eigenvalue weighted by Crippen LogP contribution is 2.19. The molecule has 0 aliphatic carbocycles. The second-order valence-electron chi connectivity index (χ2n) is 4.13. The largest absolute Gasteiger partial charge is 0.375 e. The second kappa shape index (κ2) is 7.05. The van der Waals surface area contributed by atoms with E-state index in [1.807, 2.05) is 6.92 Å². The number of hydrogen-bond acceptors (Lipinski definition) is 3. The van der Waals surface area contributed by atoms with Crippen LogP contribution in [0, 0.1) is 5.82 Å². The van der Waals surface area contributed by atoms with Crippen LogP contribution in [-0.2, 0) is 9.53 Å². The molecular weight excluding hydrogens is 294 g/mol. The molecular formula is C12H15Cl2FN2O2. The maximum Gasteiger partial charge on any atom is 0.244 e. The third-order valence-electron chi connectivity index (χ3n) is 2.79. The van der Waals surface area contributed by atoms with E-state index < -0.39 is 11.9 Å². The molecule has 0 saturated carbocycles. The Bertz CT molecular complexity index is 459. The lowest BCUT2D eigenvalue weighted by molar-refractivity contribution is -0.123. The molecule has 1 aromatic rings. The van der Waals surface area contributed by atoms with Crippen molar-refractivity contribution in [3.63, 3.8) is 0 Å². The number of anilines is 1. The summed E-state index contributed by atoms with van der Waals surface area (Å²) < 4.78 is 18.4. The van der Waals surface area contributed by atoms with E-state index in [1.165, 1.54) is 18.2 Å². The van der Waals surface area contributed by atoms with Gasteiger partial charge < -0.3 is 15.4 Å². The number of rotatable bonds is 2. The van der Waals surface area contributed by atoms with Gasteiger partial charge in [0.15, 0.2) is 0 Å². The van der Waals surface area contributed by atoms with Gasteiger partial charge in [0.25, 0.3) is 0 Å². The van der Waals surface area contributed by atoms with Crippen molar-refractivity contribution in [3.05, 3.63) is 29.0 Å². The first-order valence-electron chi connectivity index (χ1n) is 5.69. The van der Waals surface area contributed by atoms with Gasteiger partial charge in [-0.1, -0.05) is 11.6 Å². The van der Waals surface area contributed by atoms with Gasteiger partial charge in [-0.3, -0.25) is 4.79 Å². The summed E-state index contributed by atoms with van der Waals surface area (Å²) in [6.07, 6.45) is -0.199. The van der Waals surface area contributed by atoms with Crippen LogP contribution in [0.15, 0.2) is 18.2 Å². The van der Waals surface area contributed by atoms with Gasteiger partial charge in [0, 0.05) is 12.2 Å². The van der Waals surface area contributed by atoms with Crippen molar-refractivity contribution in [3.8, 4) is 0 Å². The van der Waals surface area contributed by atoms with Gasteiger partial charge in [0.2, 0.25) is 5.91 Å². The highest BCUT2D eigenvalue weighted by atomic mass is 35.5. The normalized spacial score (nSPS) is 22.5. The molecule has 0 spiro atoms. The number of carbonyl (C=O) groups excluding carboxylic acids is 1. The first-order chi connectivity index (χ1) is 8.58. The lowest BCUT2D eigenvalue weighted by Gasteiger charge is -2.29. The predicted molar refractivity (Wildman–Crippen MR) is 74.5 cm³/mol. The minimum Gasteiger partial charge on any atom is -0.375 e. The van der Waals surface area contributed by atoms with Gasteiger partial charge in [-0.25, -0.2) is 4.39 Å². The van der Waals surface area contributed by atoms with E-state index >= 15 is 0 Å². The van der Waals surface area contributed by atoms with E-state index in [-0.39, 0.29) is 29.4 Å². The Labute approximate surface area is 122 Å². The van der Waals surface area contributed by atoms with Gasteiger partial charge in [0.05, 0.1) is 17.7 Å². The fraction of sp³-hybridized carbons (Fsp3) is 0.417. The zero-order valence-corrected chi connectivity index (χ0v) is 11.9. The molecule has 4 nitrogen and oxygen atoms in total. The zero-order chi connectivity index (χ0) is 13.1. The van der Waals surface area contributed by atoms with Crippen LogP contribution in [-0.4, -0.2) is 31.2 Å². The first kappa shape index (κ1) is 16.2. The summed E-state index contributed by atoms with van der Waals surface area (Å²) in [6, 6.07) is 3.64. The van der Waals surface area contributed by atoms with Crippen LogP contribution in [0.1, 0.15) is 6.92 Å². The lowest BCUT2D eigenvalue weighted by atomic mass is 10.1. The van der Waals surface area contributed by atoms with Gasteiger partial charge in [-0.05, 0) is 25.1 Å². The van der Waals surface area contributed by atoms with Gasteiger partial charge in [-0.15, -0.1) is 12.4 Å². The molecule has 19 heavy (non-hydrogen) atoms.